The van der Waals surface area contributed by atoms with Crippen molar-refractivity contribution in [1.82, 2.24) is 5.32 Å². The fraction of sp³-hybridized carbons (Fsp3) is 0.235. The van der Waals surface area contributed by atoms with Crippen molar-refractivity contribution in [2.24, 2.45) is 0 Å². The predicted octanol–water partition coefficient (Wildman–Crippen LogP) is 2.01. The van der Waals surface area contributed by atoms with Crippen LogP contribution in [-0.2, 0) is 17.7 Å². The Labute approximate surface area is 135 Å². The van der Waals surface area contributed by atoms with Crippen LogP contribution in [0.3, 0.4) is 0 Å². The Bertz CT molecular complexity index is 758. The number of hydrogen-bond donors (Lipinski definition) is 2. The normalized spacial score (nSPS) is 12.8. The highest BCUT2D eigenvalue weighted by molar-refractivity contribution is 6.61. The van der Waals surface area contributed by atoms with Crippen molar-refractivity contribution in [3.05, 3.63) is 58.9 Å². The van der Waals surface area contributed by atoms with Gasteiger partial charge in [-0.1, -0.05) is 12.1 Å². The maximum Gasteiger partial charge on any atom is 0.491 e. The van der Waals surface area contributed by atoms with E-state index in [1.54, 1.807) is 6.07 Å². The standard InChI is InChI=1S/C17H17BN2O3/c1-19-8-7-12-9-14(20-2)3-6-17(12)23-15-4-5-16-13(10-15)11-22-18(16)21/h3-6,9-10,19,21H,7-8,11H2,1H3. The van der Waals surface area contributed by atoms with Crippen LogP contribution >= 0.6 is 0 Å². The third-order valence-corrected chi connectivity index (χ3v) is 3.82. The first kappa shape index (κ1) is 15.6. The molecule has 0 saturated heterocycles. The highest BCUT2D eigenvalue weighted by Crippen LogP contribution is 2.30. The summed E-state index contributed by atoms with van der Waals surface area (Å²) in [6, 6.07) is 11.0. The molecular formula is C17H17BN2O3. The maximum absolute atomic E-state index is 9.66. The molecule has 2 aromatic carbocycles. The summed E-state index contributed by atoms with van der Waals surface area (Å²) in [6.07, 6.45) is 0.780. The number of benzene rings is 2. The van der Waals surface area contributed by atoms with Gasteiger partial charge in [0.25, 0.3) is 0 Å². The van der Waals surface area contributed by atoms with Crippen molar-refractivity contribution >= 4 is 18.3 Å². The molecule has 0 saturated carbocycles. The molecule has 6 heteroatoms. The van der Waals surface area contributed by atoms with Crippen molar-refractivity contribution in [1.29, 1.82) is 0 Å². The molecule has 0 aromatic heterocycles. The zero-order chi connectivity index (χ0) is 16.2. The molecule has 0 radical (unpaired) electrons. The minimum absolute atomic E-state index is 0.386. The molecule has 0 atom stereocenters. The highest BCUT2D eigenvalue weighted by Gasteiger charge is 2.27. The first-order chi connectivity index (χ1) is 11.2. The van der Waals surface area contributed by atoms with Crippen LogP contribution in [-0.4, -0.2) is 25.7 Å². The lowest BCUT2D eigenvalue weighted by atomic mass is 9.80. The molecule has 1 heterocycles. The van der Waals surface area contributed by atoms with Crippen LogP contribution in [0, 0.1) is 6.57 Å². The second-order valence-electron chi connectivity index (χ2n) is 5.38. The van der Waals surface area contributed by atoms with Crippen molar-refractivity contribution in [3.8, 4) is 11.5 Å². The first-order valence-electron chi connectivity index (χ1n) is 7.46. The van der Waals surface area contributed by atoms with Gasteiger partial charge < -0.3 is 19.7 Å². The van der Waals surface area contributed by atoms with Gasteiger partial charge in [-0.2, -0.15) is 0 Å². The zero-order valence-corrected chi connectivity index (χ0v) is 12.9. The van der Waals surface area contributed by atoms with E-state index in [0.29, 0.717) is 18.0 Å². The molecule has 3 rings (SSSR count). The average Bonchev–Trinajstić information content (AvgIpc) is 2.94. The van der Waals surface area contributed by atoms with Gasteiger partial charge in [0.2, 0.25) is 0 Å². The summed E-state index contributed by atoms with van der Waals surface area (Å²) in [7, 11) is 1.05. The van der Waals surface area contributed by atoms with E-state index in [0.717, 1.165) is 35.3 Å². The van der Waals surface area contributed by atoms with Crippen molar-refractivity contribution in [2.45, 2.75) is 13.0 Å². The fourth-order valence-corrected chi connectivity index (χ4v) is 2.59. The van der Waals surface area contributed by atoms with Crippen LogP contribution in [0.5, 0.6) is 11.5 Å². The van der Waals surface area contributed by atoms with Gasteiger partial charge in [-0.15, -0.1) is 0 Å². The molecule has 2 aromatic rings. The van der Waals surface area contributed by atoms with Crippen LogP contribution in [0.2, 0.25) is 0 Å². The summed E-state index contributed by atoms with van der Waals surface area (Å²) in [5, 5.41) is 12.8. The fourth-order valence-electron chi connectivity index (χ4n) is 2.59. The molecule has 5 nitrogen and oxygen atoms in total. The summed E-state index contributed by atoms with van der Waals surface area (Å²) in [5.74, 6) is 1.44. The second-order valence-corrected chi connectivity index (χ2v) is 5.38. The van der Waals surface area contributed by atoms with Crippen LogP contribution in [0.4, 0.5) is 5.69 Å². The Morgan fingerprint density at radius 1 is 1.35 bits per heavy atom. The first-order valence-corrected chi connectivity index (χ1v) is 7.46. The summed E-state index contributed by atoms with van der Waals surface area (Å²) in [6.45, 7) is 8.34. The number of likely N-dealkylation sites (N-methyl/N-ethyl adjacent to an activating group) is 1. The Balaban J connectivity index is 1.86. The lowest BCUT2D eigenvalue weighted by Gasteiger charge is -2.12. The van der Waals surface area contributed by atoms with Gasteiger partial charge >= 0.3 is 7.12 Å². The smallest absolute Gasteiger partial charge is 0.457 e. The lowest BCUT2D eigenvalue weighted by Crippen LogP contribution is -2.27. The second kappa shape index (κ2) is 6.84. The van der Waals surface area contributed by atoms with Crippen molar-refractivity contribution < 1.29 is 14.4 Å². The van der Waals surface area contributed by atoms with Gasteiger partial charge in [-0.25, -0.2) is 4.85 Å². The van der Waals surface area contributed by atoms with E-state index in [1.807, 2.05) is 37.4 Å². The van der Waals surface area contributed by atoms with E-state index in [-0.39, 0.29) is 0 Å². The average molecular weight is 308 g/mol. The Hall–Kier alpha value is -2.33. The Morgan fingerprint density at radius 2 is 2.22 bits per heavy atom. The molecule has 116 valence electrons. The number of nitrogens with one attached hydrogen (secondary N) is 1. The molecular weight excluding hydrogens is 291 g/mol. The van der Waals surface area contributed by atoms with Crippen molar-refractivity contribution in [2.75, 3.05) is 13.6 Å². The molecule has 0 unspecified atom stereocenters. The molecule has 0 spiro atoms. The van der Waals surface area contributed by atoms with Gasteiger partial charge in [0, 0.05) is 0 Å². The van der Waals surface area contributed by atoms with Gasteiger partial charge in [0.1, 0.15) is 11.5 Å². The van der Waals surface area contributed by atoms with E-state index < -0.39 is 7.12 Å². The van der Waals surface area contributed by atoms with E-state index in [2.05, 4.69) is 10.2 Å². The zero-order valence-electron chi connectivity index (χ0n) is 12.9. The summed E-state index contributed by atoms with van der Waals surface area (Å²) >= 11 is 0. The minimum atomic E-state index is -0.844. The third kappa shape index (κ3) is 3.38. The maximum atomic E-state index is 9.66. The molecule has 2 N–H and O–H groups in total. The Morgan fingerprint density at radius 3 is 3.00 bits per heavy atom. The van der Waals surface area contributed by atoms with Crippen LogP contribution < -0.4 is 15.5 Å². The topological polar surface area (TPSA) is 55.1 Å². The Kier molecular flexibility index (Phi) is 4.63. The highest BCUT2D eigenvalue weighted by atomic mass is 16.5. The van der Waals surface area contributed by atoms with Crippen LogP contribution in [0.1, 0.15) is 11.1 Å². The van der Waals surface area contributed by atoms with E-state index in [1.165, 1.54) is 0 Å². The molecule has 0 fully saturated rings. The van der Waals surface area contributed by atoms with E-state index >= 15 is 0 Å². The number of rotatable bonds is 5. The summed E-state index contributed by atoms with van der Waals surface area (Å²) in [4.78, 5) is 3.47. The number of nitrogens with zero attached hydrogens (tertiary/aromatic N) is 1. The largest absolute Gasteiger partial charge is 0.491 e. The number of hydrogen-bond acceptors (Lipinski definition) is 4. The molecule has 0 amide bonds. The summed E-state index contributed by atoms with van der Waals surface area (Å²) < 4.78 is 11.2. The molecule has 0 aliphatic carbocycles. The van der Waals surface area contributed by atoms with Gasteiger partial charge in [-0.3, -0.25) is 0 Å². The molecule has 1 aliphatic heterocycles. The van der Waals surface area contributed by atoms with Gasteiger partial charge in [0.15, 0.2) is 5.69 Å². The number of ether oxygens (including phenoxy) is 1. The lowest BCUT2D eigenvalue weighted by molar-refractivity contribution is 0.275. The predicted molar refractivity (Wildman–Crippen MR) is 89.2 cm³/mol. The molecule has 23 heavy (non-hydrogen) atoms. The van der Waals surface area contributed by atoms with Gasteiger partial charge in [0.05, 0.1) is 13.2 Å². The molecule has 0 bridgehead atoms. The van der Waals surface area contributed by atoms with Crippen molar-refractivity contribution in [3.63, 3.8) is 0 Å². The van der Waals surface area contributed by atoms with E-state index in [9.17, 15) is 5.02 Å². The SMILES string of the molecule is [C-]#[N+]c1ccc(Oc2ccc3c(c2)COB3O)c(CCNC)c1. The van der Waals surface area contributed by atoms with Crippen LogP contribution in [0.25, 0.3) is 4.85 Å². The molecule has 1 aliphatic rings. The summed E-state index contributed by atoms with van der Waals surface area (Å²) in [5.41, 5.74) is 3.32. The quantitative estimate of drug-likeness (QED) is 0.655. The minimum Gasteiger partial charge on any atom is -0.457 e. The van der Waals surface area contributed by atoms with Crippen LogP contribution in [0.15, 0.2) is 36.4 Å². The third-order valence-electron chi connectivity index (χ3n) is 3.82. The van der Waals surface area contributed by atoms with Gasteiger partial charge in [-0.05, 0) is 60.9 Å². The van der Waals surface area contributed by atoms with E-state index in [4.69, 9.17) is 16.0 Å². The number of fused-ring (bicyclic) bond motifs is 1. The monoisotopic (exact) mass is 308 g/mol.